The van der Waals surface area contributed by atoms with E-state index in [4.69, 9.17) is 0 Å². The SMILES string of the molecule is Cc1ccccc1NC(=O)CSc1nc2ccsc2c(=O)n1CC(C)C. The fraction of sp³-hybridized carbons (Fsp3) is 0.316. The smallest absolute Gasteiger partial charge is 0.272 e. The van der Waals surface area contributed by atoms with Crippen molar-refractivity contribution in [1.82, 2.24) is 9.55 Å². The first-order chi connectivity index (χ1) is 12.5. The Morgan fingerprint density at radius 3 is 2.81 bits per heavy atom. The number of thioether (sulfide) groups is 1. The Balaban J connectivity index is 1.80. The van der Waals surface area contributed by atoms with Crippen molar-refractivity contribution in [3.8, 4) is 0 Å². The number of thiophene rings is 1. The zero-order valence-electron chi connectivity index (χ0n) is 15.0. The molecule has 3 rings (SSSR count). The molecule has 0 radical (unpaired) electrons. The van der Waals surface area contributed by atoms with Crippen LogP contribution in [-0.2, 0) is 11.3 Å². The zero-order chi connectivity index (χ0) is 18.7. The number of para-hydroxylation sites is 1. The maximum atomic E-state index is 12.7. The van der Waals surface area contributed by atoms with E-state index in [9.17, 15) is 9.59 Å². The third-order valence-electron chi connectivity index (χ3n) is 3.83. The molecule has 0 aliphatic rings. The van der Waals surface area contributed by atoms with Gasteiger partial charge in [-0.1, -0.05) is 43.8 Å². The lowest BCUT2D eigenvalue weighted by Gasteiger charge is -2.14. The minimum absolute atomic E-state index is 0.0273. The van der Waals surface area contributed by atoms with Crippen molar-refractivity contribution >= 4 is 44.9 Å². The first-order valence-electron chi connectivity index (χ1n) is 8.42. The molecule has 1 amide bonds. The fourth-order valence-electron chi connectivity index (χ4n) is 2.59. The van der Waals surface area contributed by atoms with Gasteiger partial charge in [0.2, 0.25) is 5.91 Å². The number of anilines is 1. The number of hydrogen-bond acceptors (Lipinski definition) is 5. The highest BCUT2D eigenvalue weighted by Crippen LogP contribution is 2.22. The van der Waals surface area contributed by atoms with Crippen LogP contribution in [0, 0.1) is 12.8 Å². The summed E-state index contributed by atoms with van der Waals surface area (Å²) in [6, 6.07) is 9.50. The van der Waals surface area contributed by atoms with Crippen molar-refractivity contribution in [2.45, 2.75) is 32.5 Å². The molecule has 5 nitrogen and oxygen atoms in total. The average Bonchev–Trinajstić information content (AvgIpc) is 3.06. The number of nitrogens with one attached hydrogen (secondary N) is 1. The highest BCUT2D eigenvalue weighted by Gasteiger charge is 2.15. The molecule has 0 bridgehead atoms. The summed E-state index contributed by atoms with van der Waals surface area (Å²) >= 11 is 2.71. The van der Waals surface area contributed by atoms with Crippen LogP contribution in [0.4, 0.5) is 5.69 Å². The Morgan fingerprint density at radius 2 is 2.08 bits per heavy atom. The molecule has 0 saturated heterocycles. The standard InChI is InChI=1S/C19H21N3O2S2/c1-12(2)10-22-18(24)17-15(8-9-25-17)21-19(22)26-11-16(23)20-14-7-5-4-6-13(14)3/h4-9,12H,10-11H2,1-3H3,(H,20,23). The summed E-state index contributed by atoms with van der Waals surface area (Å²) in [6.07, 6.45) is 0. The van der Waals surface area contributed by atoms with Gasteiger partial charge in [0.1, 0.15) is 4.70 Å². The molecular weight excluding hydrogens is 366 g/mol. The van der Waals surface area contributed by atoms with Crippen LogP contribution in [0.2, 0.25) is 0 Å². The third-order valence-corrected chi connectivity index (χ3v) is 5.70. The molecule has 0 saturated carbocycles. The summed E-state index contributed by atoms with van der Waals surface area (Å²) < 4.78 is 2.36. The van der Waals surface area contributed by atoms with Crippen LogP contribution >= 0.6 is 23.1 Å². The van der Waals surface area contributed by atoms with Gasteiger partial charge in [-0.05, 0) is 35.9 Å². The van der Waals surface area contributed by atoms with Crippen molar-refractivity contribution in [3.05, 3.63) is 51.6 Å². The van der Waals surface area contributed by atoms with E-state index >= 15 is 0 Å². The quantitative estimate of drug-likeness (QED) is 0.510. The molecule has 0 atom stereocenters. The first-order valence-corrected chi connectivity index (χ1v) is 10.3. The van der Waals surface area contributed by atoms with Crippen molar-refractivity contribution in [2.75, 3.05) is 11.1 Å². The fourth-order valence-corrected chi connectivity index (χ4v) is 4.18. The van der Waals surface area contributed by atoms with Crippen LogP contribution in [-0.4, -0.2) is 21.2 Å². The Labute approximate surface area is 160 Å². The van der Waals surface area contributed by atoms with E-state index in [1.54, 1.807) is 4.57 Å². The molecule has 136 valence electrons. The van der Waals surface area contributed by atoms with Crippen molar-refractivity contribution < 1.29 is 4.79 Å². The summed E-state index contributed by atoms with van der Waals surface area (Å²) in [5, 5.41) is 5.38. The molecule has 0 unspecified atom stereocenters. The number of amides is 1. The molecule has 0 aliphatic carbocycles. The largest absolute Gasteiger partial charge is 0.325 e. The third kappa shape index (κ3) is 4.16. The number of aromatic nitrogens is 2. The first kappa shape index (κ1) is 18.7. The summed E-state index contributed by atoms with van der Waals surface area (Å²) in [7, 11) is 0. The molecule has 26 heavy (non-hydrogen) atoms. The van der Waals surface area contributed by atoms with E-state index in [-0.39, 0.29) is 17.2 Å². The number of nitrogens with zero attached hydrogens (tertiary/aromatic N) is 2. The van der Waals surface area contributed by atoms with Crippen LogP contribution in [0.3, 0.4) is 0 Å². The van der Waals surface area contributed by atoms with E-state index in [2.05, 4.69) is 24.1 Å². The summed E-state index contributed by atoms with van der Waals surface area (Å²) in [5.41, 5.74) is 2.49. The maximum Gasteiger partial charge on any atom is 0.272 e. The van der Waals surface area contributed by atoms with E-state index in [1.807, 2.05) is 42.6 Å². The summed E-state index contributed by atoms with van der Waals surface area (Å²) in [4.78, 5) is 29.7. The van der Waals surface area contributed by atoms with E-state index in [0.29, 0.717) is 27.8 Å². The van der Waals surface area contributed by atoms with Gasteiger partial charge in [-0.15, -0.1) is 11.3 Å². The molecule has 2 aromatic heterocycles. The molecule has 1 N–H and O–H groups in total. The molecule has 0 spiro atoms. The molecule has 3 aromatic rings. The maximum absolute atomic E-state index is 12.7. The number of carbonyl (C=O) groups excluding carboxylic acids is 1. The van der Waals surface area contributed by atoms with Crippen LogP contribution < -0.4 is 10.9 Å². The minimum Gasteiger partial charge on any atom is -0.325 e. The van der Waals surface area contributed by atoms with Gasteiger partial charge in [0.25, 0.3) is 5.56 Å². The lowest BCUT2D eigenvalue weighted by Crippen LogP contribution is -2.25. The number of carbonyl (C=O) groups is 1. The highest BCUT2D eigenvalue weighted by atomic mass is 32.2. The van der Waals surface area contributed by atoms with E-state index in [1.165, 1.54) is 23.1 Å². The topological polar surface area (TPSA) is 64.0 Å². The van der Waals surface area contributed by atoms with Crippen LogP contribution in [0.25, 0.3) is 10.2 Å². The Morgan fingerprint density at radius 1 is 1.31 bits per heavy atom. The lowest BCUT2D eigenvalue weighted by molar-refractivity contribution is -0.113. The molecule has 0 aliphatic heterocycles. The van der Waals surface area contributed by atoms with E-state index < -0.39 is 0 Å². The minimum atomic E-state index is -0.111. The number of fused-ring (bicyclic) bond motifs is 1. The second-order valence-corrected chi connectivity index (χ2v) is 8.35. The molecular formula is C19H21N3O2S2. The Bertz CT molecular complexity index is 992. The highest BCUT2D eigenvalue weighted by molar-refractivity contribution is 7.99. The monoisotopic (exact) mass is 387 g/mol. The van der Waals surface area contributed by atoms with Crippen LogP contribution in [0.1, 0.15) is 19.4 Å². The van der Waals surface area contributed by atoms with Gasteiger partial charge >= 0.3 is 0 Å². The second kappa shape index (κ2) is 8.05. The summed E-state index contributed by atoms with van der Waals surface area (Å²) in [6.45, 7) is 6.66. The van der Waals surface area contributed by atoms with E-state index in [0.717, 1.165) is 11.3 Å². The van der Waals surface area contributed by atoms with Gasteiger partial charge in [0.05, 0.1) is 11.3 Å². The van der Waals surface area contributed by atoms with Gasteiger partial charge in [0, 0.05) is 12.2 Å². The number of aryl methyl sites for hydroxylation is 1. The number of rotatable bonds is 6. The van der Waals surface area contributed by atoms with Gasteiger partial charge in [0.15, 0.2) is 5.16 Å². The predicted molar refractivity (Wildman–Crippen MR) is 109 cm³/mol. The Kier molecular flexibility index (Phi) is 5.78. The molecule has 0 fully saturated rings. The van der Waals surface area contributed by atoms with Crippen LogP contribution in [0.15, 0.2) is 45.7 Å². The number of benzene rings is 1. The predicted octanol–water partition coefficient (Wildman–Crippen LogP) is 4.15. The van der Waals surface area contributed by atoms with Gasteiger partial charge in [-0.2, -0.15) is 0 Å². The zero-order valence-corrected chi connectivity index (χ0v) is 16.6. The summed E-state index contributed by atoms with van der Waals surface area (Å²) in [5.74, 6) is 0.404. The average molecular weight is 388 g/mol. The lowest BCUT2D eigenvalue weighted by atomic mass is 10.2. The Hall–Kier alpha value is -2.12. The normalized spacial score (nSPS) is 11.2. The van der Waals surface area contributed by atoms with Gasteiger partial charge in [-0.3, -0.25) is 14.2 Å². The van der Waals surface area contributed by atoms with Crippen molar-refractivity contribution in [3.63, 3.8) is 0 Å². The van der Waals surface area contributed by atoms with Crippen LogP contribution in [0.5, 0.6) is 0 Å². The molecule has 1 aromatic carbocycles. The molecule has 2 heterocycles. The number of hydrogen-bond donors (Lipinski definition) is 1. The van der Waals surface area contributed by atoms with Crippen molar-refractivity contribution in [1.29, 1.82) is 0 Å². The van der Waals surface area contributed by atoms with Crippen molar-refractivity contribution in [2.24, 2.45) is 5.92 Å². The van der Waals surface area contributed by atoms with Gasteiger partial charge in [-0.25, -0.2) is 4.98 Å². The molecule has 7 heteroatoms. The van der Waals surface area contributed by atoms with Gasteiger partial charge < -0.3 is 5.32 Å². The second-order valence-electron chi connectivity index (χ2n) is 6.49.